The molecule has 0 aliphatic heterocycles. The molecule has 0 saturated heterocycles. The van der Waals surface area contributed by atoms with Crippen LogP contribution in [0.15, 0.2) is 12.2 Å². The molecular weight excluding hydrogens is 985 g/mol. The van der Waals surface area contributed by atoms with Crippen LogP contribution in [0.5, 0.6) is 0 Å². The Labute approximate surface area is 501 Å². The Morgan fingerprint density at radius 2 is 0.412 bits per heavy atom. The predicted molar refractivity (Wildman–Crippen MR) is 349 cm³/mol. The van der Waals surface area contributed by atoms with Crippen molar-refractivity contribution in [3.8, 4) is 0 Å². The first kappa shape index (κ1) is 78.1. The molecule has 0 spiro atoms. The summed E-state index contributed by atoms with van der Waals surface area (Å²) in [5.74, 6) is -0.837. The third-order valence-electron chi connectivity index (χ3n) is 17.0. The fourth-order valence-corrected chi connectivity index (χ4v) is 11.5. The summed E-state index contributed by atoms with van der Waals surface area (Å²) < 4.78 is 16.9. The summed E-state index contributed by atoms with van der Waals surface area (Å²) in [5.41, 5.74) is 0. The molecule has 0 N–H and O–H groups in total. The highest BCUT2D eigenvalue weighted by molar-refractivity contribution is 5.71. The van der Waals surface area contributed by atoms with Gasteiger partial charge in [-0.05, 0) is 44.9 Å². The quantitative estimate of drug-likeness (QED) is 0.0261. The first-order chi connectivity index (χ1) is 39.5. The molecule has 0 fully saturated rings. The number of allylic oxidation sites excluding steroid dienone is 2. The van der Waals surface area contributed by atoms with E-state index in [1.807, 2.05) is 0 Å². The molecule has 0 aromatic rings. The number of ether oxygens (including phenoxy) is 3. The van der Waals surface area contributed by atoms with E-state index >= 15 is 0 Å². The Bertz CT molecular complexity index is 1250. The zero-order valence-electron chi connectivity index (χ0n) is 54.6. The molecule has 1 unspecified atom stereocenters. The van der Waals surface area contributed by atoms with Gasteiger partial charge in [0.15, 0.2) is 6.10 Å². The number of hydrogen-bond acceptors (Lipinski definition) is 6. The number of unbranched alkanes of at least 4 members (excludes halogenated alkanes) is 56. The lowest BCUT2D eigenvalue weighted by atomic mass is 10.0. The fraction of sp³-hybridized carbons (Fsp3) is 0.932. The van der Waals surface area contributed by atoms with E-state index in [0.29, 0.717) is 19.3 Å². The second kappa shape index (κ2) is 69.6. The summed E-state index contributed by atoms with van der Waals surface area (Å²) in [6.45, 7) is 6.70. The van der Waals surface area contributed by atoms with Gasteiger partial charge in [-0.15, -0.1) is 0 Å². The van der Waals surface area contributed by atoms with Crippen LogP contribution in [0.2, 0.25) is 0 Å². The molecule has 0 aromatic carbocycles. The molecule has 0 aliphatic carbocycles. The van der Waals surface area contributed by atoms with Crippen LogP contribution in [0.25, 0.3) is 0 Å². The van der Waals surface area contributed by atoms with E-state index in [9.17, 15) is 14.4 Å². The van der Waals surface area contributed by atoms with Gasteiger partial charge in [0.1, 0.15) is 13.2 Å². The van der Waals surface area contributed by atoms with Gasteiger partial charge in [-0.3, -0.25) is 14.4 Å². The van der Waals surface area contributed by atoms with Crippen molar-refractivity contribution in [2.45, 2.75) is 431 Å². The normalized spacial score (nSPS) is 12.0. The van der Waals surface area contributed by atoms with Gasteiger partial charge >= 0.3 is 17.9 Å². The molecular formula is C74H142O6. The Kier molecular flexibility index (Phi) is 68.0. The fourth-order valence-electron chi connectivity index (χ4n) is 11.5. The minimum atomic E-state index is -0.765. The van der Waals surface area contributed by atoms with E-state index in [1.54, 1.807) is 0 Å². The summed E-state index contributed by atoms with van der Waals surface area (Å²) >= 11 is 0. The van der Waals surface area contributed by atoms with Crippen molar-refractivity contribution < 1.29 is 28.6 Å². The monoisotopic (exact) mass is 1130 g/mol. The molecule has 0 saturated carbocycles. The van der Waals surface area contributed by atoms with Gasteiger partial charge in [-0.1, -0.05) is 373 Å². The summed E-state index contributed by atoms with van der Waals surface area (Å²) in [4.78, 5) is 38.2. The van der Waals surface area contributed by atoms with Gasteiger partial charge in [0.25, 0.3) is 0 Å². The van der Waals surface area contributed by atoms with Crippen molar-refractivity contribution in [1.82, 2.24) is 0 Å². The number of rotatable bonds is 69. The molecule has 0 bridgehead atoms. The molecule has 6 heteroatoms. The third kappa shape index (κ3) is 66.9. The van der Waals surface area contributed by atoms with Crippen LogP contribution in [0.1, 0.15) is 425 Å². The predicted octanol–water partition coefficient (Wildman–Crippen LogP) is 25.2. The molecule has 0 aromatic heterocycles. The third-order valence-corrected chi connectivity index (χ3v) is 17.0. The SMILES string of the molecule is CCCCCCCCCC/C=C\CCCCCCCCCCCCCC(=O)OC(COC(=O)CCCCCCCCCC)COC(=O)CCCCCCCCCCCCCCCCCCCCCCCCCCCCCCCCC. The van der Waals surface area contributed by atoms with Crippen LogP contribution in [-0.4, -0.2) is 37.2 Å². The Morgan fingerprint density at radius 1 is 0.237 bits per heavy atom. The Balaban J connectivity index is 4.00. The van der Waals surface area contributed by atoms with E-state index in [4.69, 9.17) is 14.2 Å². The molecule has 0 rings (SSSR count). The van der Waals surface area contributed by atoms with E-state index in [0.717, 1.165) is 57.8 Å². The van der Waals surface area contributed by atoms with Crippen LogP contribution in [0.3, 0.4) is 0 Å². The maximum absolute atomic E-state index is 12.9. The number of carbonyl (C=O) groups is 3. The van der Waals surface area contributed by atoms with Gasteiger partial charge in [-0.25, -0.2) is 0 Å². The van der Waals surface area contributed by atoms with Crippen molar-refractivity contribution in [2.24, 2.45) is 0 Å². The summed E-state index contributed by atoms with van der Waals surface area (Å²) in [6.07, 6.45) is 84.3. The highest BCUT2D eigenvalue weighted by Gasteiger charge is 2.20. The van der Waals surface area contributed by atoms with Crippen LogP contribution >= 0.6 is 0 Å². The van der Waals surface area contributed by atoms with E-state index < -0.39 is 6.10 Å². The van der Waals surface area contributed by atoms with E-state index in [-0.39, 0.29) is 31.1 Å². The second-order valence-electron chi connectivity index (χ2n) is 25.2. The van der Waals surface area contributed by atoms with Gasteiger partial charge in [0.05, 0.1) is 0 Å². The molecule has 80 heavy (non-hydrogen) atoms. The molecule has 0 aliphatic rings. The van der Waals surface area contributed by atoms with Crippen molar-refractivity contribution in [3.05, 3.63) is 12.2 Å². The highest BCUT2D eigenvalue weighted by atomic mass is 16.6. The first-order valence-electron chi connectivity index (χ1n) is 36.7. The maximum Gasteiger partial charge on any atom is 0.306 e. The van der Waals surface area contributed by atoms with Crippen LogP contribution in [0, 0.1) is 0 Å². The average molecular weight is 1130 g/mol. The minimum absolute atomic E-state index is 0.0638. The van der Waals surface area contributed by atoms with Crippen molar-refractivity contribution >= 4 is 17.9 Å². The molecule has 0 heterocycles. The number of hydrogen-bond donors (Lipinski definition) is 0. The zero-order valence-corrected chi connectivity index (χ0v) is 54.6. The van der Waals surface area contributed by atoms with Gasteiger partial charge in [-0.2, -0.15) is 0 Å². The molecule has 6 nitrogen and oxygen atoms in total. The number of carbonyl (C=O) groups excluding carboxylic acids is 3. The average Bonchev–Trinajstić information content (AvgIpc) is 3.46. The molecule has 1 atom stereocenters. The number of esters is 3. The second-order valence-corrected chi connectivity index (χ2v) is 25.2. The first-order valence-corrected chi connectivity index (χ1v) is 36.7. The molecule has 0 radical (unpaired) electrons. The standard InChI is InChI=1S/C74H142O6/c1-4-7-10-13-16-19-21-23-25-27-29-31-33-34-35-36-37-38-39-40-42-43-45-47-49-51-53-55-58-61-64-67-73(76)79-70-71(69-78-72(75)66-63-60-57-18-15-12-9-6-3)80-74(77)68-65-62-59-56-54-52-50-48-46-44-41-32-30-28-26-24-22-20-17-14-11-8-5-2/h28,30,71H,4-27,29,31-70H2,1-3H3/b30-28-. The summed E-state index contributed by atoms with van der Waals surface area (Å²) in [7, 11) is 0. The van der Waals surface area contributed by atoms with E-state index in [1.165, 1.54) is 327 Å². The lowest BCUT2D eigenvalue weighted by Crippen LogP contribution is -2.30. The topological polar surface area (TPSA) is 78.9 Å². The Morgan fingerprint density at radius 3 is 0.625 bits per heavy atom. The lowest BCUT2D eigenvalue weighted by molar-refractivity contribution is -0.167. The summed E-state index contributed by atoms with van der Waals surface area (Å²) in [5, 5.41) is 0. The lowest BCUT2D eigenvalue weighted by Gasteiger charge is -2.18. The largest absolute Gasteiger partial charge is 0.462 e. The van der Waals surface area contributed by atoms with Crippen LogP contribution in [-0.2, 0) is 28.6 Å². The highest BCUT2D eigenvalue weighted by Crippen LogP contribution is 2.19. The van der Waals surface area contributed by atoms with Gasteiger partial charge in [0.2, 0.25) is 0 Å². The minimum Gasteiger partial charge on any atom is -0.462 e. The van der Waals surface area contributed by atoms with Crippen molar-refractivity contribution in [2.75, 3.05) is 13.2 Å². The van der Waals surface area contributed by atoms with Crippen molar-refractivity contribution in [3.63, 3.8) is 0 Å². The van der Waals surface area contributed by atoms with Gasteiger partial charge in [0, 0.05) is 19.3 Å². The Hall–Kier alpha value is -1.85. The van der Waals surface area contributed by atoms with Crippen LogP contribution in [0.4, 0.5) is 0 Å². The van der Waals surface area contributed by atoms with Crippen LogP contribution < -0.4 is 0 Å². The summed E-state index contributed by atoms with van der Waals surface area (Å²) in [6, 6.07) is 0. The van der Waals surface area contributed by atoms with E-state index in [2.05, 4.69) is 32.9 Å². The maximum atomic E-state index is 12.9. The zero-order chi connectivity index (χ0) is 57.8. The smallest absolute Gasteiger partial charge is 0.306 e. The molecule has 474 valence electrons. The van der Waals surface area contributed by atoms with Gasteiger partial charge < -0.3 is 14.2 Å². The molecule has 0 amide bonds. The van der Waals surface area contributed by atoms with Crippen molar-refractivity contribution in [1.29, 1.82) is 0 Å².